The number of nitro benzene ring substituents is 1. The summed E-state index contributed by atoms with van der Waals surface area (Å²) in [6.07, 6.45) is 1.98. The highest BCUT2D eigenvalue weighted by Crippen LogP contribution is 2.32. The second-order valence-electron chi connectivity index (χ2n) is 8.75. The van der Waals surface area contributed by atoms with Crippen LogP contribution in [0, 0.1) is 16.0 Å². The quantitative estimate of drug-likeness (QED) is 0.580. The topological polar surface area (TPSA) is 95.8 Å². The number of hydrogen-bond acceptors (Lipinski definition) is 5. The fourth-order valence-electron chi connectivity index (χ4n) is 3.46. The van der Waals surface area contributed by atoms with Gasteiger partial charge >= 0.3 is 0 Å². The lowest BCUT2D eigenvalue weighted by Gasteiger charge is -2.32. The van der Waals surface area contributed by atoms with Crippen LogP contribution in [0.3, 0.4) is 0 Å². The van der Waals surface area contributed by atoms with Crippen LogP contribution in [0.5, 0.6) is 0 Å². The third-order valence-corrected chi connectivity index (χ3v) is 5.06. The Hall–Kier alpha value is -2.64. The Morgan fingerprint density at radius 2 is 1.90 bits per heavy atom. The first-order chi connectivity index (χ1) is 13.5. The average molecular weight is 405 g/mol. The predicted molar refractivity (Wildman–Crippen MR) is 113 cm³/mol. The molecule has 29 heavy (non-hydrogen) atoms. The molecule has 1 aromatic carbocycles. The number of benzene rings is 1. The van der Waals surface area contributed by atoms with Crippen molar-refractivity contribution in [3.63, 3.8) is 0 Å². The highest BCUT2D eigenvalue weighted by Gasteiger charge is 2.26. The summed E-state index contributed by atoms with van der Waals surface area (Å²) < 4.78 is 0. The van der Waals surface area contributed by atoms with Crippen LogP contribution in [-0.4, -0.2) is 53.4 Å². The van der Waals surface area contributed by atoms with Crippen LogP contribution in [0.1, 0.15) is 57.8 Å². The minimum absolute atomic E-state index is 0.0689. The standard InChI is InChI=1S/C21H32N4O4/c1-6-23(14-19(26)22-21(3,4)5)20(27)16-7-8-17(18(13-16)25(28)29)24-11-9-15(2)10-12-24/h7-8,13,15H,6,9-12,14H2,1-5H3,(H,22,26). The van der Waals surface area contributed by atoms with Crippen molar-refractivity contribution in [1.82, 2.24) is 10.2 Å². The van der Waals surface area contributed by atoms with Crippen molar-refractivity contribution in [3.05, 3.63) is 33.9 Å². The smallest absolute Gasteiger partial charge is 0.293 e. The molecule has 8 nitrogen and oxygen atoms in total. The van der Waals surface area contributed by atoms with Crippen LogP contribution in [0.25, 0.3) is 0 Å². The molecule has 1 aliphatic heterocycles. The zero-order chi connectivity index (χ0) is 21.8. The normalized spacial score (nSPS) is 15.1. The van der Waals surface area contributed by atoms with Crippen molar-refractivity contribution in [2.45, 2.75) is 53.0 Å². The van der Waals surface area contributed by atoms with E-state index in [4.69, 9.17) is 0 Å². The Bertz CT molecular complexity index is 764. The Kier molecular flexibility index (Phi) is 7.21. The van der Waals surface area contributed by atoms with E-state index in [0.717, 1.165) is 25.9 Å². The molecule has 0 radical (unpaired) electrons. The molecule has 1 fully saturated rings. The van der Waals surface area contributed by atoms with Crippen molar-refractivity contribution >= 4 is 23.2 Å². The molecule has 2 amide bonds. The lowest BCUT2D eigenvalue weighted by Crippen LogP contribution is -2.47. The van der Waals surface area contributed by atoms with Crippen molar-refractivity contribution in [2.24, 2.45) is 5.92 Å². The molecule has 8 heteroatoms. The molecule has 0 bridgehead atoms. The molecule has 0 spiro atoms. The Labute approximate surface area is 172 Å². The lowest BCUT2D eigenvalue weighted by atomic mass is 9.98. The minimum atomic E-state index is -0.438. The number of anilines is 1. The van der Waals surface area contributed by atoms with Gasteiger partial charge in [0.15, 0.2) is 0 Å². The van der Waals surface area contributed by atoms with Gasteiger partial charge in [-0.25, -0.2) is 0 Å². The summed E-state index contributed by atoms with van der Waals surface area (Å²) in [6.45, 7) is 11.3. The first kappa shape index (κ1) is 22.6. The van der Waals surface area contributed by atoms with Gasteiger partial charge in [-0.2, -0.15) is 0 Å². The number of nitrogens with one attached hydrogen (secondary N) is 1. The summed E-state index contributed by atoms with van der Waals surface area (Å²) in [5.74, 6) is -0.0387. The predicted octanol–water partition coefficient (Wildman–Crippen LogP) is 3.21. The highest BCUT2D eigenvalue weighted by molar-refractivity contribution is 5.97. The summed E-state index contributed by atoms with van der Waals surface area (Å²) in [7, 11) is 0. The zero-order valence-corrected chi connectivity index (χ0v) is 18.0. The summed E-state index contributed by atoms with van der Waals surface area (Å²) in [5.41, 5.74) is 0.301. The van der Waals surface area contributed by atoms with Crippen molar-refractivity contribution in [1.29, 1.82) is 0 Å². The second kappa shape index (κ2) is 9.24. The van der Waals surface area contributed by atoms with Gasteiger partial charge in [-0.15, -0.1) is 0 Å². The molecule has 0 aliphatic carbocycles. The van der Waals surface area contributed by atoms with Crippen molar-refractivity contribution in [2.75, 3.05) is 31.1 Å². The fraction of sp³-hybridized carbons (Fsp3) is 0.619. The monoisotopic (exact) mass is 404 g/mol. The number of carbonyl (C=O) groups is 2. The summed E-state index contributed by atoms with van der Waals surface area (Å²) in [6, 6.07) is 4.61. The van der Waals surface area contributed by atoms with E-state index in [2.05, 4.69) is 12.2 Å². The molecule has 0 saturated carbocycles. The van der Waals surface area contributed by atoms with Gasteiger partial charge in [0, 0.05) is 36.8 Å². The maximum atomic E-state index is 12.9. The lowest BCUT2D eigenvalue weighted by molar-refractivity contribution is -0.384. The third-order valence-electron chi connectivity index (χ3n) is 5.06. The number of nitro groups is 1. The number of carbonyl (C=O) groups excluding carboxylic acids is 2. The summed E-state index contributed by atoms with van der Waals surface area (Å²) in [4.78, 5) is 39.7. The van der Waals surface area contributed by atoms with Crippen LogP contribution >= 0.6 is 0 Å². The number of piperidine rings is 1. The molecule has 160 valence electrons. The SMILES string of the molecule is CCN(CC(=O)NC(C)(C)C)C(=O)c1ccc(N2CCC(C)CC2)c([N+](=O)[O-])c1. The Morgan fingerprint density at radius 1 is 1.28 bits per heavy atom. The molecule has 2 rings (SSSR count). The number of hydrogen-bond donors (Lipinski definition) is 1. The molecule has 0 unspecified atom stereocenters. The summed E-state index contributed by atoms with van der Waals surface area (Å²) in [5, 5.41) is 14.5. The van der Waals surface area contributed by atoms with E-state index in [-0.39, 0.29) is 23.7 Å². The van der Waals surface area contributed by atoms with Crippen LogP contribution in [0.15, 0.2) is 18.2 Å². The van der Waals surface area contributed by atoms with E-state index >= 15 is 0 Å². The fourth-order valence-corrected chi connectivity index (χ4v) is 3.46. The van der Waals surface area contributed by atoms with E-state index < -0.39 is 16.4 Å². The summed E-state index contributed by atoms with van der Waals surface area (Å²) >= 11 is 0. The number of rotatable bonds is 6. The maximum absolute atomic E-state index is 12.9. The van der Waals surface area contributed by atoms with Crippen molar-refractivity contribution in [3.8, 4) is 0 Å². The van der Waals surface area contributed by atoms with Gasteiger partial charge in [0.2, 0.25) is 5.91 Å². The molecule has 0 atom stereocenters. The molecule has 1 N–H and O–H groups in total. The molecular weight excluding hydrogens is 372 g/mol. The Morgan fingerprint density at radius 3 is 2.41 bits per heavy atom. The van der Waals surface area contributed by atoms with E-state index in [9.17, 15) is 19.7 Å². The van der Waals surface area contributed by atoms with Crippen LogP contribution < -0.4 is 10.2 Å². The number of likely N-dealkylation sites (N-methyl/N-ethyl adjacent to an activating group) is 1. The van der Waals surface area contributed by atoms with Crippen LogP contribution in [0.4, 0.5) is 11.4 Å². The zero-order valence-electron chi connectivity index (χ0n) is 18.0. The maximum Gasteiger partial charge on any atom is 0.293 e. The van der Waals surface area contributed by atoms with E-state index in [1.165, 1.54) is 11.0 Å². The Balaban J connectivity index is 2.22. The first-order valence-electron chi connectivity index (χ1n) is 10.2. The molecule has 1 aromatic rings. The largest absolute Gasteiger partial charge is 0.366 e. The molecule has 1 aliphatic rings. The van der Waals surface area contributed by atoms with E-state index in [1.807, 2.05) is 25.7 Å². The second-order valence-corrected chi connectivity index (χ2v) is 8.75. The van der Waals surface area contributed by atoms with Crippen molar-refractivity contribution < 1.29 is 14.5 Å². The third kappa shape index (κ3) is 6.17. The molecule has 1 saturated heterocycles. The van der Waals surface area contributed by atoms with Gasteiger partial charge in [0.25, 0.3) is 11.6 Å². The van der Waals surface area contributed by atoms with Gasteiger partial charge in [0.05, 0.1) is 11.5 Å². The average Bonchev–Trinajstić information content (AvgIpc) is 2.64. The molecule has 0 aromatic heterocycles. The minimum Gasteiger partial charge on any atom is -0.366 e. The van der Waals surface area contributed by atoms with E-state index in [1.54, 1.807) is 19.1 Å². The first-order valence-corrected chi connectivity index (χ1v) is 10.2. The number of nitrogens with zero attached hydrogens (tertiary/aromatic N) is 3. The van der Waals surface area contributed by atoms with Gasteiger partial charge in [-0.3, -0.25) is 19.7 Å². The number of amides is 2. The van der Waals surface area contributed by atoms with Gasteiger partial charge in [0.1, 0.15) is 5.69 Å². The molecule has 1 heterocycles. The highest BCUT2D eigenvalue weighted by atomic mass is 16.6. The van der Waals surface area contributed by atoms with Gasteiger partial charge in [-0.05, 0) is 58.6 Å². The van der Waals surface area contributed by atoms with E-state index in [0.29, 0.717) is 18.2 Å². The van der Waals surface area contributed by atoms with Gasteiger partial charge in [-0.1, -0.05) is 6.92 Å². The van der Waals surface area contributed by atoms with Crippen LogP contribution in [-0.2, 0) is 4.79 Å². The molecular formula is C21H32N4O4. The van der Waals surface area contributed by atoms with Gasteiger partial charge < -0.3 is 15.1 Å². The van der Waals surface area contributed by atoms with Crippen LogP contribution in [0.2, 0.25) is 0 Å².